The lowest BCUT2D eigenvalue weighted by Crippen LogP contribution is -2.64. The largest absolute Gasteiger partial charge is 0.508 e. The Morgan fingerprint density at radius 1 is 0.846 bits per heavy atom. The second-order valence-electron chi connectivity index (χ2n) is 10.5. The maximum Gasteiger partial charge on any atom is 0.206 e. The number of phenolic OH excluding ortho intramolecular Hbond substituents is 3. The molecule has 0 saturated heterocycles. The molecule has 5 rings (SSSR count). The normalized spacial score (nSPS) is 21.2. The molecule has 2 aliphatic rings. The van der Waals surface area contributed by atoms with Crippen LogP contribution in [0.3, 0.4) is 0 Å². The van der Waals surface area contributed by atoms with E-state index in [0.717, 1.165) is 6.07 Å². The van der Waals surface area contributed by atoms with Crippen LogP contribution < -0.4 is 9.47 Å². The van der Waals surface area contributed by atoms with E-state index in [1.54, 1.807) is 20.8 Å². The number of phenols is 3. The fourth-order valence-corrected chi connectivity index (χ4v) is 6.73. The van der Waals surface area contributed by atoms with Gasteiger partial charge in [-0.2, -0.15) is 0 Å². The average molecular weight is 573 g/mol. The number of ketones is 2. The third-order valence-corrected chi connectivity index (χ3v) is 9.09. The first-order valence-corrected chi connectivity index (χ1v) is 12.8. The van der Waals surface area contributed by atoms with Gasteiger partial charge in [-0.3, -0.25) is 9.59 Å². The van der Waals surface area contributed by atoms with Gasteiger partial charge >= 0.3 is 0 Å². The standard InChI is InChI=1S/C29H26Cl2O8/c1-11-21(17(34)10-19(39-5)24(11)30)13-8-18(38-4)25(31)14-9-20-28(2,3)15-6-12(32)7-16(33)23(15)27(36)29(20,37)26(35)22(13)14/h6-8,10,20,32-34,37H,9H2,1-5H3/t20-,29-/m1/s1. The summed E-state index contributed by atoms with van der Waals surface area (Å²) in [5.41, 5.74) is -2.61. The van der Waals surface area contributed by atoms with Crippen LogP contribution in [0.15, 0.2) is 24.3 Å². The molecule has 8 nitrogen and oxygen atoms in total. The van der Waals surface area contributed by atoms with Gasteiger partial charge in [-0.1, -0.05) is 37.0 Å². The number of benzene rings is 3. The molecule has 0 heterocycles. The number of ether oxygens (including phenoxy) is 2. The molecule has 39 heavy (non-hydrogen) atoms. The summed E-state index contributed by atoms with van der Waals surface area (Å²) in [5.74, 6) is -3.56. The van der Waals surface area contributed by atoms with Crippen LogP contribution in [0.5, 0.6) is 28.7 Å². The number of Topliss-reactive ketones (excluding diaryl/α,β-unsaturated/α-hetero) is 2. The van der Waals surface area contributed by atoms with E-state index in [4.69, 9.17) is 32.7 Å². The van der Waals surface area contributed by atoms with E-state index < -0.39 is 34.2 Å². The molecule has 4 N–H and O–H groups in total. The summed E-state index contributed by atoms with van der Waals surface area (Å²) in [6, 6.07) is 5.10. The first-order valence-electron chi connectivity index (χ1n) is 12.1. The summed E-state index contributed by atoms with van der Waals surface area (Å²) >= 11 is 13.2. The summed E-state index contributed by atoms with van der Waals surface area (Å²) in [6.45, 7) is 5.08. The maximum absolute atomic E-state index is 14.4. The number of hydrogen-bond donors (Lipinski definition) is 4. The Morgan fingerprint density at radius 2 is 1.41 bits per heavy atom. The smallest absolute Gasteiger partial charge is 0.206 e. The van der Waals surface area contributed by atoms with Gasteiger partial charge in [-0.05, 0) is 47.6 Å². The van der Waals surface area contributed by atoms with Crippen molar-refractivity contribution >= 4 is 34.8 Å². The molecule has 2 atom stereocenters. The van der Waals surface area contributed by atoms with E-state index in [-0.39, 0.29) is 61.7 Å². The van der Waals surface area contributed by atoms with E-state index in [1.165, 1.54) is 32.4 Å². The van der Waals surface area contributed by atoms with Crippen LogP contribution in [0, 0.1) is 12.8 Å². The summed E-state index contributed by atoms with van der Waals surface area (Å²) < 4.78 is 10.7. The van der Waals surface area contributed by atoms with E-state index in [9.17, 15) is 30.0 Å². The maximum atomic E-state index is 14.4. The lowest BCUT2D eigenvalue weighted by atomic mass is 9.52. The number of rotatable bonds is 3. The summed E-state index contributed by atoms with van der Waals surface area (Å²) in [5, 5.41) is 44.2. The molecule has 0 aliphatic heterocycles. The fourth-order valence-electron chi connectivity index (χ4n) is 6.20. The number of halogens is 2. The van der Waals surface area contributed by atoms with E-state index in [1.807, 2.05) is 0 Å². The van der Waals surface area contributed by atoms with Crippen molar-refractivity contribution in [3.63, 3.8) is 0 Å². The van der Waals surface area contributed by atoms with Gasteiger partial charge in [0.25, 0.3) is 0 Å². The summed E-state index contributed by atoms with van der Waals surface area (Å²) in [7, 11) is 2.80. The third-order valence-electron chi connectivity index (χ3n) is 8.21. The highest BCUT2D eigenvalue weighted by molar-refractivity contribution is 6.36. The molecule has 2 aliphatic carbocycles. The lowest BCUT2D eigenvalue weighted by molar-refractivity contribution is -0.0202. The minimum atomic E-state index is -2.58. The topological polar surface area (TPSA) is 134 Å². The molecule has 0 saturated carbocycles. The number of fused-ring (bicyclic) bond motifs is 3. The fraction of sp³-hybridized carbons (Fsp3) is 0.310. The first-order chi connectivity index (χ1) is 18.2. The van der Waals surface area contributed by atoms with Gasteiger partial charge in [0.05, 0.1) is 29.8 Å². The van der Waals surface area contributed by atoms with Crippen molar-refractivity contribution < 1.29 is 39.5 Å². The Balaban J connectivity index is 1.86. The summed E-state index contributed by atoms with van der Waals surface area (Å²) in [6.07, 6.45) is -0.0289. The molecule has 0 aromatic heterocycles. The van der Waals surface area contributed by atoms with Crippen LogP contribution in [-0.4, -0.2) is 51.8 Å². The summed E-state index contributed by atoms with van der Waals surface area (Å²) in [4.78, 5) is 28.3. The quantitative estimate of drug-likeness (QED) is 0.308. The van der Waals surface area contributed by atoms with Crippen molar-refractivity contribution in [2.45, 2.75) is 38.2 Å². The van der Waals surface area contributed by atoms with Gasteiger partial charge < -0.3 is 29.9 Å². The van der Waals surface area contributed by atoms with Crippen molar-refractivity contribution in [1.29, 1.82) is 0 Å². The zero-order chi connectivity index (χ0) is 28.8. The Bertz CT molecular complexity index is 1610. The highest BCUT2D eigenvalue weighted by atomic mass is 35.5. The minimum absolute atomic E-state index is 0.0289. The molecule has 0 bridgehead atoms. The van der Waals surface area contributed by atoms with E-state index >= 15 is 0 Å². The Labute approximate surface area is 234 Å². The molecule has 0 fully saturated rings. The number of aliphatic hydroxyl groups is 1. The lowest BCUT2D eigenvalue weighted by Gasteiger charge is -2.51. The van der Waals surface area contributed by atoms with Crippen molar-refractivity contribution in [2.75, 3.05) is 14.2 Å². The van der Waals surface area contributed by atoms with Crippen LogP contribution in [0.4, 0.5) is 0 Å². The van der Waals surface area contributed by atoms with Gasteiger partial charge in [0.15, 0.2) is 5.60 Å². The predicted molar refractivity (Wildman–Crippen MR) is 145 cm³/mol. The Hall–Kier alpha value is -3.46. The second kappa shape index (κ2) is 8.78. The number of carbonyl (C=O) groups excluding carboxylic acids is 2. The van der Waals surface area contributed by atoms with Gasteiger partial charge in [0, 0.05) is 34.7 Å². The van der Waals surface area contributed by atoms with Gasteiger partial charge in [-0.25, -0.2) is 0 Å². The van der Waals surface area contributed by atoms with Gasteiger partial charge in [0.2, 0.25) is 11.6 Å². The first kappa shape index (κ1) is 27.1. The third kappa shape index (κ3) is 3.48. The second-order valence-corrected chi connectivity index (χ2v) is 11.3. The minimum Gasteiger partial charge on any atom is -0.508 e. The molecular formula is C29H26Cl2O8. The number of carbonyl (C=O) groups is 2. The van der Waals surface area contributed by atoms with Crippen molar-refractivity contribution in [3.8, 4) is 39.9 Å². The Kier molecular flexibility index (Phi) is 6.10. The number of methoxy groups -OCH3 is 2. The van der Waals surface area contributed by atoms with Crippen LogP contribution in [0.2, 0.25) is 10.0 Å². The zero-order valence-electron chi connectivity index (χ0n) is 21.8. The van der Waals surface area contributed by atoms with Crippen LogP contribution >= 0.6 is 23.2 Å². The Morgan fingerprint density at radius 3 is 2.03 bits per heavy atom. The molecule has 0 radical (unpaired) electrons. The zero-order valence-corrected chi connectivity index (χ0v) is 23.3. The molecule has 3 aromatic carbocycles. The van der Waals surface area contributed by atoms with Crippen molar-refractivity contribution in [1.82, 2.24) is 0 Å². The molecule has 204 valence electrons. The number of aromatic hydroxyl groups is 3. The van der Waals surface area contributed by atoms with Gasteiger partial charge in [0.1, 0.15) is 28.7 Å². The molecule has 3 aromatic rings. The van der Waals surface area contributed by atoms with Crippen LogP contribution in [-0.2, 0) is 11.8 Å². The monoisotopic (exact) mass is 572 g/mol. The SMILES string of the molecule is COc1cc(O)c(-c2cc(OC)c(Cl)c3c2C(=O)[C@@]2(O)C(=O)c4c(O)cc(O)cc4C(C)(C)[C@H]2C3)c(C)c1Cl. The van der Waals surface area contributed by atoms with Crippen molar-refractivity contribution in [3.05, 3.63) is 62.1 Å². The van der Waals surface area contributed by atoms with E-state index in [0.29, 0.717) is 16.7 Å². The van der Waals surface area contributed by atoms with E-state index in [2.05, 4.69) is 0 Å². The van der Waals surface area contributed by atoms with Crippen molar-refractivity contribution in [2.24, 2.45) is 5.92 Å². The predicted octanol–water partition coefficient (Wildman–Crippen LogP) is 5.36. The molecule has 10 heteroatoms. The molecule has 0 amide bonds. The highest BCUT2D eigenvalue weighted by Gasteiger charge is 2.64. The average Bonchev–Trinajstić information content (AvgIpc) is 2.87. The molecule has 0 spiro atoms. The van der Waals surface area contributed by atoms with Crippen LogP contribution in [0.1, 0.15) is 51.3 Å². The van der Waals surface area contributed by atoms with Crippen LogP contribution in [0.25, 0.3) is 11.1 Å². The molecule has 0 unspecified atom stereocenters. The number of hydrogen-bond acceptors (Lipinski definition) is 8. The highest BCUT2D eigenvalue weighted by Crippen LogP contribution is 2.57. The van der Waals surface area contributed by atoms with Gasteiger partial charge in [-0.15, -0.1) is 0 Å². The molecular weight excluding hydrogens is 547 g/mol.